The lowest BCUT2D eigenvalue weighted by atomic mass is 9.97. The zero-order chi connectivity index (χ0) is 15.2. The first-order chi connectivity index (χ1) is 10.2. The third-order valence-electron chi connectivity index (χ3n) is 3.29. The molecule has 4 heteroatoms. The highest BCUT2D eigenvalue weighted by atomic mass is 79.9. The van der Waals surface area contributed by atoms with Gasteiger partial charge in [0, 0.05) is 10.0 Å². The van der Waals surface area contributed by atoms with Gasteiger partial charge in [-0.15, -0.1) is 0 Å². The molecule has 1 atom stereocenters. The van der Waals surface area contributed by atoms with Gasteiger partial charge in [-0.05, 0) is 42.8 Å². The Balaban J connectivity index is 2.45. The Morgan fingerprint density at radius 2 is 2.05 bits per heavy atom. The summed E-state index contributed by atoms with van der Waals surface area (Å²) in [5, 5.41) is 3.46. The molecule has 0 saturated heterocycles. The lowest BCUT2D eigenvalue weighted by molar-refractivity contribution is 0.403. The third kappa shape index (κ3) is 4.05. The van der Waals surface area contributed by atoms with E-state index in [-0.39, 0.29) is 11.9 Å². The molecule has 2 nitrogen and oxygen atoms in total. The fourth-order valence-corrected chi connectivity index (χ4v) is 2.65. The number of methoxy groups -OCH3 is 1. The molecule has 0 amide bonds. The Bertz CT molecular complexity index is 603. The minimum atomic E-state index is -0.230. The Labute approximate surface area is 133 Å². The van der Waals surface area contributed by atoms with Crippen molar-refractivity contribution >= 4 is 15.9 Å². The van der Waals surface area contributed by atoms with E-state index in [0.717, 1.165) is 34.3 Å². The lowest BCUT2D eigenvalue weighted by Crippen LogP contribution is -2.23. The smallest absolute Gasteiger partial charge is 0.125 e. The van der Waals surface area contributed by atoms with Crippen LogP contribution in [0.15, 0.2) is 46.9 Å². The van der Waals surface area contributed by atoms with Crippen molar-refractivity contribution in [1.29, 1.82) is 0 Å². The van der Waals surface area contributed by atoms with E-state index in [1.165, 1.54) is 6.07 Å². The highest BCUT2D eigenvalue weighted by molar-refractivity contribution is 9.10. The van der Waals surface area contributed by atoms with Gasteiger partial charge in [0.1, 0.15) is 11.6 Å². The summed E-state index contributed by atoms with van der Waals surface area (Å²) in [5.74, 6) is 0.550. The molecule has 1 unspecified atom stereocenters. The lowest BCUT2D eigenvalue weighted by Gasteiger charge is -2.22. The van der Waals surface area contributed by atoms with Crippen LogP contribution in [0.2, 0.25) is 0 Å². The highest BCUT2D eigenvalue weighted by Crippen LogP contribution is 2.32. The van der Waals surface area contributed by atoms with Gasteiger partial charge >= 0.3 is 0 Å². The maximum atomic E-state index is 13.5. The molecule has 0 heterocycles. The van der Waals surface area contributed by atoms with Gasteiger partial charge in [-0.2, -0.15) is 0 Å². The van der Waals surface area contributed by atoms with Crippen LogP contribution in [0.25, 0.3) is 0 Å². The zero-order valence-corrected chi connectivity index (χ0v) is 13.8. The number of rotatable bonds is 6. The van der Waals surface area contributed by atoms with Gasteiger partial charge in [0.25, 0.3) is 0 Å². The number of benzene rings is 2. The first-order valence-corrected chi connectivity index (χ1v) is 7.77. The van der Waals surface area contributed by atoms with Crippen molar-refractivity contribution < 1.29 is 9.13 Å². The Morgan fingerprint density at radius 1 is 1.24 bits per heavy atom. The summed E-state index contributed by atoms with van der Waals surface area (Å²) in [7, 11) is 1.65. The predicted molar refractivity (Wildman–Crippen MR) is 87.2 cm³/mol. The number of hydrogen-bond acceptors (Lipinski definition) is 2. The van der Waals surface area contributed by atoms with E-state index in [2.05, 4.69) is 28.2 Å². The largest absolute Gasteiger partial charge is 0.496 e. The molecule has 112 valence electrons. The van der Waals surface area contributed by atoms with Gasteiger partial charge in [-0.3, -0.25) is 0 Å². The van der Waals surface area contributed by atoms with E-state index in [0.29, 0.717) is 0 Å². The summed E-state index contributed by atoms with van der Waals surface area (Å²) in [5.41, 5.74) is 1.89. The van der Waals surface area contributed by atoms with Gasteiger partial charge in [-0.1, -0.05) is 41.1 Å². The molecule has 0 aliphatic heterocycles. The van der Waals surface area contributed by atoms with Crippen LogP contribution in [0.5, 0.6) is 5.75 Å². The zero-order valence-electron chi connectivity index (χ0n) is 12.2. The Hall–Kier alpha value is -1.39. The molecule has 21 heavy (non-hydrogen) atoms. The number of halogens is 2. The van der Waals surface area contributed by atoms with Crippen LogP contribution in [0, 0.1) is 5.82 Å². The second kappa shape index (κ2) is 7.57. The average Bonchev–Trinajstić information content (AvgIpc) is 2.49. The number of nitrogens with one attached hydrogen (secondary N) is 1. The van der Waals surface area contributed by atoms with Gasteiger partial charge in [0.05, 0.1) is 13.2 Å². The summed E-state index contributed by atoms with van der Waals surface area (Å²) in [6.45, 7) is 2.95. The van der Waals surface area contributed by atoms with E-state index >= 15 is 0 Å². The molecule has 2 aromatic rings. The second-order valence-corrected chi connectivity index (χ2v) is 5.74. The molecule has 2 rings (SSSR count). The molecular weight excluding hydrogens is 333 g/mol. The Morgan fingerprint density at radius 3 is 2.71 bits per heavy atom. The van der Waals surface area contributed by atoms with Crippen LogP contribution in [0.1, 0.15) is 30.5 Å². The van der Waals surface area contributed by atoms with Gasteiger partial charge in [-0.25, -0.2) is 4.39 Å². The van der Waals surface area contributed by atoms with Gasteiger partial charge in [0.2, 0.25) is 0 Å². The van der Waals surface area contributed by atoms with Crippen molar-refractivity contribution in [3.05, 3.63) is 63.9 Å². The summed E-state index contributed by atoms with van der Waals surface area (Å²) < 4.78 is 20.0. The highest BCUT2D eigenvalue weighted by Gasteiger charge is 2.18. The molecular formula is C17H19BrFNO. The first kappa shape index (κ1) is 16.0. The monoisotopic (exact) mass is 351 g/mol. The quantitative estimate of drug-likeness (QED) is 0.815. The summed E-state index contributed by atoms with van der Waals surface area (Å²) in [6, 6.07) is 12.5. The van der Waals surface area contributed by atoms with Crippen molar-refractivity contribution in [3.8, 4) is 5.75 Å². The normalized spacial score (nSPS) is 12.2. The van der Waals surface area contributed by atoms with Crippen LogP contribution in [-0.4, -0.2) is 13.7 Å². The molecule has 0 saturated carbocycles. The van der Waals surface area contributed by atoms with Gasteiger partial charge < -0.3 is 10.1 Å². The van der Waals surface area contributed by atoms with Gasteiger partial charge in [0.15, 0.2) is 0 Å². The van der Waals surface area contributed by atoms with E-state index in [1.807, 2.05) is 24.3 Å². The molecule has 2 aromatic carbocycles. The van der Waals surface area contributed by atoms with E-state index < -0.39 is 0 Å². The molecule has 0 aliphatic carbocycles. The molecule has 0 fully saturated rings. The summed E-state index contributed by atoms with van der Waals surface area (Å²) in [6.07, 6.45) is 1.00. The second-order valence-electron chi connectivity index (χ2n) is 4.83. The topological polar surface area (TPSA) is 21.3 Å². The molecule has 0 spiro atoms. The SMILES string of the molecule is CCCNC(c1cccc(F)c1)c1ccc(Br)cc1OC. The summed E-state index contributed by atoms with van der Waals surface area (Å²) in [4.78, 5) is 0. The minimum absolute atomic E-state index is 0.0938. The van der Waals surface area contributed by atoms with E-state index in [4.69, 9.17) is 4.74 Å². The van der Waals surface area contributed by atoms with Crippen molar-refractivity contribution in [2.24, 2.45) is 0 Å². The maximum Gasteiger partial charge on any atom is 0.125 e. The molecule has 0 bridgehead atoms. The van der Waals surface area contributed by atoms with Crippen LogP contribution in [0.4, 0.5) is 4.39 Å². The third-order valence-corrected chi connectivity index (χ3v) is 3.78. The van der Waals surface area contributed by atoms with Crippen molar-refractivity contribution in [2.75, 3.05) is 13.7 Å². The molecule has 1 N–H and O–H groups in total. The molecule has 0 radical (unpaired) electrons. The predicted octanol–water partition coefficient (Wildman–Crippen LogP) is 4.69. The van der Waals surface area contributed by atoms with Crippen LogP contribution in [0.3, 0.4) is 0 Å². The van der Waals surface area contributed by atoms with E-state index in [1.54, 1.807) is 19.2 Å². The summed E-state index contributed by atoms with van der Waals surface area (Å²) >= 11 is 3.45. The van der Waals surface area contributed by atoms with Crippen LogP contribution >= 0.6 is 15.9 Å². The fourth-order valence-electron chi connectivity index (χ4n) is 2.31. The van der Waals surface area contributed by atoms with Crippen molar-refractivity contribution in [2.45, 2.75) is 19.4 Å². The minimum Gasteiger partial charge on any atom is -0.496 e. The molecule has 0 aliphatic rings. The molecule has 0 aromatic heterocycles. The fraction of sp³-hybridized carbons (Fsp3) is 0.294. The van der Waals surface area contributed by atoms with E-state index in [9.17, 15) is 4.39 Å². The first-order valence-electron chi connectivity index (χ1n) is 6.98. The maximum absolute atomic E-state index is 13.5. The van der Waals surface area contributed by atoms with Crippen molar-refractivity contribution in [3.63, 3.8) is 0 Å². The standard InChI is InChI=1S/C17H19BrFNO/c1-3-9-20-17(12-5-4-6-14(19)10-12)15-8-7-13(18)11-16(15)21-2/h4-8,10-11,17,20H,3,9H2,1-2H3. The average molecular weight is 352 g/mol. The van der Waals surface area contributed by atoms with Crippen LogP contribution in [-0.2, 0) is 0 Å². The van der Waals surface area contributed by atoms with Crippen LogP contribution < -0.4 is 10.1 Å². The van der Waals surface area contributed by atoms with Crippen molar-refractivity contribution in [1.82, 2.24) is 5.32 Å². The number of hydrogen-bond donors (Lipinski definition) is 1. The Kier molecular flexibility index (Phi) is 5.76. The number of ether oxygens (including phenoxy) is 1.